The molecule has 0 aliphatic heterocycles. The van der Waals surface area contributed by atoms with Crippen LogP contribution in [-0.4, -0.2) is 23.8 Å². The van der Waals surface area contributed by atoms with Gasteiger partial charge < -0.3 is 14.6 Å². The highest BCUT2D eigenvalue weighted by Gasteiger charge is 2.20. The van der Waals surface area contributed by atoms with Gasteiger partial charge >= 0.3 is 0 Å². The molecule has 0 aromatic carbocycles. The molecule has 0 unspecified atom stereocenters. The maximum Gasteiger partial charge on any atom is 0.0645 e. The van der Waals surface area contributed by atoms with E-state index in [1.807, 2.05) is 0 Å². The van der Waals surface area contributed by atoms with Crippen LogP contribution in [0.4, 0.5) is 0 Å². The van der Waals surface area contributed by atoms with E-state index in [-0.39, 0.29) is 0 Å². The van der Waals surface area contributed by atoms with Crippen LogP contribution < -0.4 is 5.32 Å². The highest BCUT2D eigenvalue weighted by molar-refractivity contribution is 5.07. The van der Waals surface area contributed by atoms with Crippen LogP contribution in [-0.2, 0) is 17.8 Å². The number of ether oxygens (including phenoxy) is 1. The van der Waals surface area contributed by atoms with E-state index in [1.54, 1.807) is 0 Å². The average molecular weight is 236 g/mol. The molecule has 3 nitrogen and oxygen atoms in total. The lowest BCUT2D eigenvalue weighted by molar-refractivity contribution is 0.123. The van der Waals surface area contributed by atoms with Crippen LogP contribution >= 0.6 is 0 Å². The Bertz CT molecular complexity index is 318. The quantitative estimate of drug-likeness (QED) is 0.667. The first-order valence-electron chi connectivity index (χ1n) is 6.85. The van der Waals surface area contributed by atoms with Crippen molar-refractivity contribution in [3.05, 3.63) is 24.0 Å². The molecule has 0 bridgehead atoms. The molecule has 0 radical (unpaired) electrons. The van der Waals surface area contributed by atoms with E-state index in [0.29, 0.717) is 0 Å². The molecule has 0 atom stereocenters. The largest absolute Gasteiger partial charge is 0.380 e. The topological polar surface area (TPSA) is 26.2 Å². The van der Waals surface area contributed by atoms with Crippen molar-refractivity contribution in [2.75, 3.05) is 13.2 Å². The summed E-state index contributed by atoms with van der Waals surface area (Å²) in [4.78, 5) is 0. The summed E-state index contributed by atoms with van der Waals surface area (Å²) in [6.07, 6.45) is 7.22. The molecule has 1 aromatic heterocycles. The van der Waals surface area contributed by atoms with Crippen molar-refractivity contribution in [3.8, 4) is 0 Å². The molecule has 1 aliphatic carbocycles. The fourth-order valence-corrected chi connectivity index (χ4v) is 1.88. The normalized spacial score (nSPS) is 15.4. The predicted octanol–water partition coefficient (Wildman–Crippen LogP) is 2.56. The lowest BCUT2D eigenvalue weighted by Gasteiger charge is -2.10. The third kappa shape index (κ3) is 4.52. The smallest absolute Gasteiger partial charge is 0.0645 e. The number of rotatable bonds is 9. The molecular formula is C14H24N2O. The number of unbranched alkanes of at least 4 members (excludes halogenated alkanes) is 1. The molecule has 96 valence electrons. The number of nitrogens with zero attached hydrogens (tertiary/aromatic N) is 1. The average Bonchev–Trinajstić information content (AvgIpc) is 3.06. The first-order chi connectivity index (χ1) is 8.40. The second-order valence-corrected chi connectivity index (χ2v) is 4.81. The predicted molar refractivity (Wildman–Crippen MR) is 70.0 cm³/mol. The summed E-state index contributed by atoms with van der Waals surface area (Å²) in [6.45, 7) is 5.88. The van der Waals surface area contributed by atoms with Gasteiger partial charge in [0, 0.05) is 37.6 Å². The maximum atomic E-state index is 5.60. The molecule has 17 heavy (non-hydrogen) atoms. The van der Waals surface area contributed by atoms with Gasteiger partial charge in [0.2, 0.25) is 0 Å². The highest BCUT2D eigenvalue weighted by atomic mass is 16.5. The minimum Gasteiger partial charge on any atom is -0.380 e. The molecule has 1 aliphatic rings. The molecular weight excluding hydrogens is 212 g/mol. The summed E-state index contributed by atoms with van der Waals surface area (Å²) < 4.78 is 7.89. The van der Waals surface area contributed by atoms with Gasteiger partial charge in [-0.2, -0.15) is 0 Å². The van der Waals surface area contributed by atoms with Crippen molar-refractivity contribution in [1.82, 2.24) is 9.88 Å². The molecule has 0 spiro atoms. The van der Waals surface area contributed by atoms with Gasteiger partial charge in [0.1, 0.15) is 0 Å². The van der Waals surface area contributed by atoms with Crippen molar-refractivity contribution >= 4 is 0 Å². The Balaban J connectivity index is 1.66. The second kappa shape index (κ2) is 6.82. The third-order valence-electron chi connectivity index (χ3n) is 3.19. The van der Waals surface area contributed by atoms with Gasteiger partial charge in [-0.3, -0.25) is 0 Å². The Labute approximate surface area is 104 Å². The second-order valence-electron chi connectivity index (χ2n) is 4.81. The van der Waals surface area contributed by atoms with Crippen molar-refractivity contribution in [1.29, 1.82) is 0 Å². The van der Waals surface area contributed by atoms with E-state index in [0.717, 1.165) is 32.3 Å². The van der Waals surface area contributed by atoms with E-state index in [4.69, 9.17) is 4.74 Å². The Hall–Kier alpha value is -0.800. The lowest BCUT2D eigenvalue weighted by Crippen LogP contribution is -2.19. The minimum atomic E-state index is 0.777. The minimum absolute atomic E-state index is 0.777. The van der Waals surface area contributed by atoms with Gasteiger partial charge in [-0.15, -0.1) is 0 Å². The summed E-state index contributed by atoms with van der Waals surface area (Å²) in [5, 5.41) is 3.55. The zero-order chi connectivity index (χ0) is 11.9. The molecule has 2 rings (SSSR count). The molecule has 0 saturated heterocycles. The van der Waals surface area contributed by atoms with Crippen molar-refractivity contribution in [2.24, 2.45) is 0 Å². The van der Waals surface area contributed by atoms with Crippen LogP contribution in [0.3, 0.4) is 0 Å². The zero-order valence-electron chi connectivity index (χ0n) is 10.8. The Kier molecular flexibility index (Phi) is 5.08. The lowest BCUT2D eigenvalue weighted by atomic mass is 10.4. The van der Waals surface area contributed by atoms with Gasteiger partial charge in [-0.05, 0) is 31.4 Å². The standard InChI is InChI=1S/C14H24N2O/c1-2-3-10-17-11-9-16-8-4-5-14(16)12-15-13-6-7-13/h4-5,8,13,15H,2-3,6-7,9-12H2,1H3. The first-order valence-corrected chi connectivity index (χ1v) is 6.85. The third-order valence-corrected chi connectivity index (χ3v) is 3.19. The van der Waals surface area contributed by atoms with Gasteiger partial charge in [-0.1, -0.05) is 13.3 Å². The van der Waals surface area contributed by atoms with Gasteiger partial charge in [-0.25, -0.2) is 0 Å². The van der Waals surface area contributed by atoms with E-state index in [1.165, 1.54) is 31.4 Å². The molecule has 1 fully saturated rings. The van der Waals surface area contributed by atoms with Gasteiger partial charge in [0.05, 0.1) is 6.61 Å². The molecule has 1 saturated carbocycles. The summed E-state index contributed by atoms with van der Waals surface area (Å²) in [7, 11) is 0. The van der Waals surface area contributed by atoms with Crippen molar-refractivity contribution in [2.45, 2.75) is 51.7 Å². The molecule has 1 heterocycles. The van der Waals surface area contributed by atoms with Crippen LogP contribution in [0.1, 0.15) is 38.3 Å². The number of nitrogens with one attached hydrogen (secondary N) is 1. The maximum absolute atomic E-state index is 5.60. The number of hydrogen-bond donors (Lipinski definition) is 1. The fourth-order valence-electron chi connectivity index (χ4n) is 1.88. The van der Waals surface area contributed by atoms with E-state index in [9.17, 15) is 0 Å². The Morgan fingerprint density at radius 1 is 1.41 bits per heavy atom. The summed E-state index contributed by atoms with van der Waals surface area (Å²) >= 11 is 0. The van der Waals surface area contributed by atoms with Crippen molar-refractivity contribution < 1.29 is 4.74 Å². The van der Waals surface area contributed by atoms with E-state index < -0.39 is 0 Å². The van der Waals surface area contributed by atoms with Crippen molar-refractivity contribution in [3.63, 3.8) is 0 Å². The molecule has 3 heteroatoms. The Morgan fingerprint density at radius 3 is 3.06 bits per heavy atom. The molecule has 1 aromatic rings. The number of aromatic nitrogens is 1. The van der Waals surface area contributed by atoms with Crippen LogP contribution in [0.2, 0.25) is 0 Å². The van der Waals surface area contributed by atoms with E-state index in [2.05, 4.69) is 35.1 Å². The summed E-state index contributed by atoms with van der Waals surface area (Å²) in [6, 6.07) is 5.09. The van der Waals surface area contributed by atoms with Crippen LogP contribution in [0.25, 0.3) is 0 Å². The van der Waals surface area contributed by atoms with E-state index >= 15 is 0 Å². The number of hydrogen-bond acceptors (Lipinski definition) is 2. The fraction of sp³-hybridized carbons (Fsp3) is 0.714. The van der Waals surface area contributed by atoms with Crippen LogP contribution in [0.5, 0.6) is 0 Å². The summed E-state index contributed by atoms with van der Waals surface area (Å²) in [5.74, 6) is 0. The van der Waals surface area contributed by atoms with Crippen LogP contribution in [0.15, 0.2) is 18.3 Å². The van der Waals surface area contributed by atoms with Gasteiger partial charge in [0.25, 0.3) is 0 Å². The molecule has 0 amide bonds. The molecule has 1 N–H and O–H groups in total. The SMILES string of the molecule is CCCCOCCn1cccc1CNC1CC1. The highest BCUT2D eigenvalue weighted by Crippen LogP contribution is 2.19. The van der Waals surface area contributed by atoms with Gasteiger partial charge in [0.15, 0.2) is 0 Å². The first kappa shape index (κ1) is 12.7. The zero-order valence-corrected chi connectivity index (χ0v) is 10.8. The monoisotopic (exact) mass is 236 g/mol. The summed E-state index contributed by atoms with van der Waals surface area (Å²) in [5.41, 5.74) is 1.37. The Morgan fingerprint density at radius 2 is 2.29 bits per heavy atom. The van der Waals surface area contributed by atoms with Crippen LogP contribution in [0, 0.1) is 0 Å².